The van der Waals surface area contributed by atoms with Crippen molar-refractivity contribution in [3.8, 4) is 0 Å². The number of halogens is 1. The number of hydrogen-bond donors (Lipinski definition) is 1. The summed E-state index contributed by atoms with van der Waals surface area (Å²) in [6.07, 6.45) is 2.45. The third kappa shape index (κ3) is 4.67. The van der Waals surface area contributed by atoms with Gasteiger partial charge < -0.3 is 9.84 Å². The van der Waals surface area contributed by atoms with Crippen LogP contribution in [0.2, 0.25) is 0 Å². The molecule has 0 aromatic rings. The van der Waals surface area contributed by atoms with Crippen LogP contribution in [0.4, 0.5) is 4.39 Å². The van der Waals surface area contributed by atoms with Gasteiger partial charge in [-0.2, -0.15) is 0 Å². The number of aliphatic hydroxyl groups is 1. The van der Waals surface area contributed by atoms with Crippen molar-refractivity contribution in [2.24, 2.45) is 5.92 Å². The van der Waals surface area contributed by atoms with E-state index in [1.54, 1.807) is 0 Å². The molecule has 0 aliphatic rings. The van der Waals surface area contributed by atoms with Crippen molar-refractivity contribution in [3.05, 3.63) is 0 Å². The molecule has 1 unspecified atom stereocenters. The van der Waals surface area contributed by atoms with E-state index in [1.807, 2.05) is 13.8 Å². The zero-order valence-electron chi connectivity index (χ0n) is 7.92. The second-order valence-electron chi connectivity index (χ2n) is 3.00. The summed E-state index contributed by atoms with van der Waals surface area (Å²) in [5, 5.41) is 8.89. The predicted molar refractivity (Wildman–Crippen MR) is 46.6 cm³/mol. The van der Waals surface area contributed by atoms with E-state index in [0.717, 1.165) is 19.3 Å². The molecule has 0 bridgehead atoms. The van der Waals surface area contributed by atoms with Crippen molar-refractivity contribution in [3.63, 3.8) is 0 Å². The molecule has 0 saturated heterocycles. The summed E-state index contributed by atoms with van der Waals surface area (Å²) in [5.74, 6) is 0.251. The molecule has 3 heteroatoms. The molecule has 0 rings (SSSR count). The Morgan fingerprint density at radius 1 is 1.33 bits per heavy atom. The molecule has 74 valence electrons. The highest BCUT2D eigenvalue weighted by Crippen LogP contribution is 2.14. The molecule has 2 atom stereocenters. The Hall–Kier alpha value is -0.150. The summed E-state index contributed by atoms with van der Waals surface area (Å²) in [5.41, 5.74) is 0. The molecule has 0 radical (unpaired) electrons. The zero-order valence-corrected chi connectivity index (χ0v) is 7.92. The molecule has 0 heterocycles. The molecule has 0 amide bonds. The smallest absolute Gasteiger partial charge is 0.188 e. The van der Waals surface area contributed by atoms with Crippen LogP contribution in [0.1, 0.15) is 33.1 Å². The van der Waals surface area contributed by atoms with Gasteiger partial charge in [0.1, 0.15) is 0 Å². The van der Waals surface area contributed by atoms with Gasteiger partial charge in [0, 0.05) is 6.61 Å². The Bertz CT molecular complexity index is 94.5. The topological polar surface area (TPSA) is 29.5 Å². The monoisotopic (exact) mass is 178 g/mol. The summed E-state index contributed by atoms with van der Waals surface area (Å²) in [6, 6.07) is 0. The quantitative estimate of drug-likeness (QED) is 0.647. The molecule has 2 nitrogen and oxygen atoms in total. The third-order valence-electron chi connectivity index (χ3n) is 2.19. The van der Waals surface area contributed by atoms with Crippen molar-refractivity contribution in [2.45, 2.75) is 39.2 Å². The van der Waals surface area contributed by atoms with E-state index in [2.05, 4.69) is 0 Å². The standard InChI is InChI=1S/C9H19FO2/c1-3-8(6-11)5-9(4-2)12-7-10/h8-9,11H,3-7H2,1-2H3/t8-,9?/m0/s1. The lowest BCUT2D eigenvalue weighted by molar-refractivity contribution is -0.0220. The first kappa shape index (κ1) is 11.8. The maximum Gasteiger partial charge on any atom is 0.188 e. The molecular formula is C9H19FO2. The molecule has 0 spiro atoms. The van der Waals surface area contributed by atoms with Gasteiger partial charge in [0.05, 0.1) is 6.10 Å². The Kier molecular flexibility index (Phi) is 7.40. The number of rotatable bonds is 7. The molecule has 0 aliphatic heterocycles. The van der Waals surface area contributed by atoms with Crippen molar-refractivity contribution >= 4 is 0 Å². The van der Waals surface area contributed by atoms with Crippen molar-refractivity contribution in [1.29, 1.82) is 0 Å². The van der Waals surface area contributed by atoms with Crippen LogP contribution in [0.5, 0.6) is 0 Å². The molecule has 0 aromatic carbocycles. The van der Waals surface area contributed by atoms with Gasteiger partial charge in [-0.25, -0.2) is 4.39 Å². The van der Waals surface area contributed by atoms with Gasteiger partial charge in [-0.15, -0.1) is 0 Å². The number of hydrogen-bond acceptors (Lipinski definition) is 2. The van der Waals surface area contributed by atoms with Crippen molar-refractivity contribution in [1.82, 2.24) is 0 Å². The molecule has 12 heavy (non-hydrogen) atoms. The second kappa shape index (κ2) is 7.50. The SMILES string of the molecule is CCC(C[C@H](CC)CO)OCF. The number of ether oxygens (including phenoxy) is 1. The predicted octanol–water partition coefficient (Wildman–Crippen LogP) is 2.12. The molecular weight excluding hydrogens is 159 g/mol. The largest absolute Gasteiger partial charge is 0.396 e. The fourth-order valence-corrected chi connectivity index (χ4v) is 1.18. The van der Waals surface area contributed by atoms with Crippen LogP contribution in [0.25, 0.3) is 0 Å². The van der Waals surface area contributed by atoms with Crippen LogP contribution >= 0.6 is 0 Å². The van der Waals surface area contributed by atoms with E-state index in [4.69, 9.17) is 9.84 Å². The number of alkyl halides is 1. The lowest BCUT2D eigenvalue weighted by Gasteiger charge is -2.18. The van der Waals surface area contributed by atoms with Gasteiger partial charge in [-0.3, -0.25) is 0 Å². The normalized spacial score (nSPS) is 16.0. The first-order chi connectivity index (χ1) is 5.78. The minimum Gasteiger partial charge on any atom is -0.396 e. The molecule has 0 aromatic heterocycles. The highest BCUT2D eigenvalue weighted by atomic mass is 19.1. The minimum absolute atomic E-state index is 0.0351. The molecule has 1 N–H and O–H groups in total. The van der Waals surface area contributed by atoms with E-state index in [-0.39, 0.29) is 18.6 Å². The van der Waals surface area contributed by atoms with Crippen molar-refractivity contribution in [2.75, 3.05) is 13.5 Å². The minimum atomic E-state index is -0.722. The van der Waals surface area contributed by atoms with Crippen LogP contribution in [0.3, 0.4) is 0 Å². The third-order valence-corrected chi connectivity index (χ3v) is 2.19. The zero-order chi connectivity index (χ0) is 9.40. The summed E-state index contributed by atoms with van der Waals surface area (Å²) in [7, 11) is 0. The Labute approximate surface area is 73.7 Å². The fraction of sp³-hybridized carbons (Fsp3) is 1.00. The van der Waals surface area contributed by atoms with Gasteiger partial charge in [0.25, 0.3) is 0 Å². The van der Waals surface area contributed by atoms with Gasteiger partial charge in [0.15, 0.2) is 6.86 Å². The van der Waals surface area contributed by atoms with E-state index >= 15 is 0 Å². The average Bonchev–Trinajstić information content (AvgIpc) is 2.12. The van der Waals surface area contributed by atoms with Gasteiger partial charge >= 0.3 is 0 Å². The molecule has 0 saturated carbocycles. The molecule has 0 fully saturated rings. The summed E-state index contributed by atoms with van der Waals surface area (Å²) < 4.78 is 16.7. The van der Waals surface area contributed by atoms with E-state index < -0.39 is 6.86 Å². The lowest BCUT2D eigenvalue weighted by Crippen LogP contribution is -2.18. The number of aliphatic hydroxyl groups excluding tert-OH is 1. The van der Waals surface area contributed by atoms with E-state index in [0.29, 0.717) is 0 Å². The Morgan fingerprint density at radius 3 is 2.33 bits per heavy atom. The Balaban J connectivity index is 3.65. The first-order valence-corrected chi connectivity index (χ1v) is 4.56. The summed E-state index contributed by atoms with van der Waals surface area (Å²) in [4.78, 5) is 0. The second-order valence-corrected chi connectivity index (χ2v) is 3.00. The summed E-state index contributed by atoms with van der Waals surface area (Å²) >= 11 is 0. The van der Waals surface area contributed by atoms with Gasteiger partial charge in [0.2, 0.25) is 0 Å². The molecule has 0 aliphatic carbocycles. The average molecular weight is 178 g/mol. The highest BCUT2D eigenvalue weighted by molar-refractivity contribution is 4.63. The van der Waals surface area contributed by atoms with Crippen LogP contribution in [-0.4, -0.2) is 24.7 Å². The van der Waals surface area contributed by atoms with Crippen LogP contribution in [0, 0.1) is 5.92 Å². The van der Waals surface area contributed by atoms with Crippen LogP contribution in [-0.2, 0) is 4.74 Å². The van der Waals surface area contributed by atoms with Crippen molar-refractivity contribution < 1.29 is 14.2 Å². The highest BCUT2D eigenvalue weighted by Gasteiger charge is 2.13. The first-order valence-electron chi connectivity index (χ1n) is 4.56. The van der Waals surface area contributed by atoms with Gasteiger partial charge in [-0.1, -0.05) is 20.3 Å². The van der Waals surface area contributed by atoms with Crippen LogP contribution in [0.15, 0.2) is 0 Å². The Morgan fingerprint density at radius 2 is 2.00 bits per heavy atom. The lowest BCUT2D eigenvalue weighted by atomic mass is 9.98. The maximum atomic E-state index is 11.8. The maximum absolute atomic E-state index is 11.8. The summed E-state index contributed by atoms with van der Waals surface area (Å²) in [6.45, 7) is 3.43. The van der Waals surface area contributed by atoms with Crippen LogP contribution < -0.4 is 0 Å². The fourth-order valence-electron chi connectivity index (χ4n) is 1.18. The van der Waals surface area contributed by atoms with E-state index in [1.165, 1.54) is 0 Å². The van der Waals surface area contributed by atoms with E-state index in [9.17, 15) is 4.39 Å². The van der Waals surface area contributed by atoms with Gasteiger partial charge in [-0.05, 0) is 18.8 Å².